The largest absolute Gasteiger partial charge is 0.489 e. The average Bonchev–Trinajstić information content (AvgIpc) is 3.07. The van der Waals surface area contributed by atoms with Crippen LogP contribution in [0.4, 0.5) is 0 Å². The van der Waals surface area contributed by atoms with Gasteiger partial charge in [0.05, 0.1) is 11.6 Å². The van der Waals surface area contributed by atoms with Crippen LogP contribution in [0.1, 0.15) is 39.7 Å². The highest BCUT2D eigenvalue weighted by molar-refractivity contribution is 6.31. The standard InChI is InChI=1S/C22H24ClN3O2/c1-4-26-13-19(23)20(25-26)12-24-22(27)18-7-5-6-17(11-18)14-28-21-10-15(2)8-9-16(21)3/h5-11,13H,4,12,14H2,1-3H3,(H,24,27). The van der Waals surface area contributed by atoms with Crippen molar-refractivity contribution in [3.05, 3.63) is 81.6 Å². The van der Waals surface area contributed by atoms with Crippen molar-refractivity contribution in [1.29, 1.82) is 0 Å². The molecule has 1 heterocycles. The molecule has 0 radical (unpaired) electrons. The van der Waals surface area contributed by atoms with E-state index in [1.807, 2.05) is 51.1 Å². The number of ether oxygens (including phenoxy) is 1. The molecule has 0 aliphatic carbocycles. The maximum atomic E-state index is 12.5. The van der Waals surface area contributed by atoms with Crippen LogP contribution in [0.3, 0.4) is 0 Å². The number of aryl methyl sites for hydroxylation is 3. The van der Waals surface area contributed by atoms with Gasteiger partial charge in [0.25, 0.3) is 5.91 Å². The smallest absolute Gasteiger partial charge is 0.251 e. The minimum absolute atomic E-state index is 0.171. The predicted molar refractivity (Wildman–Crippen MR) is 111 cm³/mol. The van der Waals surface area contributed by atoms with Crippen LogP contribution in [0.15, 0.2) is 48.7 Å². The highest BCUT2D eigenvalue weighted by Gasteiger charge is 2.11. The van der Waals surface area contributed by atoms with Gasteiger partial charge >= 0.3 is 0 Å². The van der Waals surface area contributed by atoms with E-state index in [0.29, 0.717) is 22.9 Å². The fraction of sp³-hybridized carbons (Fsp3) is 0.273. The molecular formula is C22H24ClN3O2. The van der Waals surface area contributed by atoms with Gasteiger partial charge in [0.15, 0.2) is 0 Å². The van der Waals surface area contributed by atoms with Crippen molar-refractivity contribution in [2.75, 3.05) is 0 Å². The Morgan fingerprint density at radius 3 is 2.79 bits per heavy atom. The second-order valence-electron chi connectivity index (χ2n) is 6.72. The van der Waals surface area contributed by atoms with Gasteiger partial charge in [-0.3, -0.25) is 9.48 Å². The SMILES string of the molecule is CCn1cc(Cl)c(CNC(=O)c2cccc(COc3cc(C)ccc3C)c2)n1. The van der Waals surface area contributed by atoms with E-state index in [0.717, 1.165) is 29.0 Å². The number of carbonyl (C=O) groups excluding carboxylic acids is 1. The molecule has 1 N–H and O–H groups in total. The molecule has 0 aliphatic heterocycles. The van der Waals surface area contributed by atoms with Crippen LogP contribution in [0.25, 0.3) is 0 Å². The molecule has 0 saturated carbocycles. The molecule has 0 unspecified atom stereocenters. The number of aromatic nitrogens is 2. The van der Waals surface area contributed by atoms with Crippen molar-refractivity contribution >= 4 is 17.5 Å². The van der Waals surface area contributed by atoms with Gasteiger partial charge in [0.1, 0.15) is 18.1 Å². The van der Waals surface area contributed by atoms with E-state index in [1.54, 1.807) is 16.9 Å². The van der Waals surface area contributed by atoms with Gasteiger partial charge in [-0.2, -0.15) is 5.10 Å². The zero-order valence-corrected chi connectivity index (χ0v) is 17.1. The zero-order valence-electron chi connectivity index (χ0n) is 16.3. The number of amides is 1. The van der Waals surface area contributed by atoms with Crippen molar-refractivity contribution < 1.29 is 9.53 Å². The lowest BCUT2D eigenvalue weighted by atomic mass is 10.1. The number of rotatable bonds is 7. The summed E-state index contributed by atoms with van der Waals surface area (Å²) in [5.41, 5.74) is 4.40. The Hall–Kier alpha value is -2.79. The summed E-state index contributed by atoms with van der Waals surface area (Å²) in [6, 6.07) is 13.5. The molecular weight excluding hydrogens is 374 g/mol. The number of benzene rings is 2. The Labute approximate surface area is 170 Å². The normalized spacial score (nSPS) is 10.7. The van der Waals surface area contributed by atoms with Crippen molar-refractivity contribution in [3.8, 4) is 5.75 Å². The van der Waals surface area contributed by atoms with E-state index in [1.165, 1.54) is 0 Å². The molecule has 1 amide bonds. The van der Waals surface area contributed by atoms with Gasteiger partial charge in [-0.1, -0.05) is 35.9 Å². The van der Waals surface area contributed by atoms with Crippen LogP contribution in [0.2, 0.25) is 5.02 Å². The molecule has 0 bridgehead atoms. The maximum Gasteiger partial charge on any atom is 0.251 e. The Morgan fingerprint density at radius 1 is 1.21 bits per heavy atom. The highest BCUT2D eigenvalue weighted by atomic mass is 35.5. The van der Waals surface area contributed by atoms with E-state index in [9.17, 15) is 4.79 Å². The Bertz CT molecular complexity index is 982. The van der Waals surface area contributed by atoms with Gasteiger partial charge in [-0.05, 0) is 55.7 Å². The van der Waals surface area contributed by atoms with E-state index in [4.69, 9.17) is 16.3 Å². The minimum Gasteiger partial charge on any atom is -0.489 e. The van der Waals surface area contributed by atoms with E-state index in [-0.39, 0.29) is 12.5 Å². The van der Waals surface area contributed by atoms with Crippen molar-refractivity contribution in [1.82, 2.24) is 15.1 Å². The van der Waals surface area contributed by atoms with Crippen molar-refractivity contribution in [2.24, 2.45) is 0 Å². The lowest BCUT2D eigenvalue weighted by Crippen LogP contribution is -2.23. The Kier molecular flexibility index (Phi) is 6.37. The molecule has 0 fully saturated rings. The Balaban J connectivity index is 1.62. The summed E-state index contributed by atoms with van der Waals surface area (Å²) in [4.78, 5) is 12.5. The second-order valence-corrected chi connectivity index (χ2v) is 7.13. The first kappa shape index (κ1) is 20.0. The minimum atomic E-state index is -0.171. The van der Waals surface area contributed by atoms with Crippen LogP contribution in [-0.2, 0) is 19.7 Å². The second kappa shape index (κ2) is 8.93. The molecule has 0 atom stereocenters. The summed E-state index contributed by atoms with van der Waals surface area (Å²) in [7, 11) is 0. The average molecular weight is 398 g/mol. The molecule has 146 valence electrons. The van der Waals surface area contributed by atoms with Gasteiger partial charge in [0.2, 0.25) is 0 Å². The van der Waals surface area contributed by atoms with E-state index < -0.39 is 0 Å². The molecule has 0 spiro atoms. The fourth-order valence-corrected chi connectivity index (χ4v) is 3.03. The number of hydrogen-bond donors (Lipinski definition) is 1. The third-order valence-corrected chi connectivity index (χ3v) is 4.77. The third-order valence-electron chi connectivity index (χ3n) is 4.45. The lowest BCUT2D eigenvalue weighted by molar-refractivity contribution is 0.0950. The number of hydrogen-bond acceptors (Lipinski definition) is 3. The van der Waals surface area contributed by atoms with Crippen LogP contribution >= 0.6 is 11.6 Å². The predicted octanol–water partition coefficient (Wildman–Crippen LogP) is 4.68. The quantitative estimate of drug-likeness (QED) is 0.629. The molecule has 28 heavy (non-hydrogen) atoms. The molecule has 3 aromatic rings. The number of nitrogens with zero attached hydrogens (tertiary/aromatic N) is 2. The first-order chi connectivity index (χ1) is 13.5. The number of nitrogens with one attached hydrogen (secondary N) is 1. The maximum absolute atomic E-state index is 12.5. The molecule has 0 aliphatic rings. The lowest BCUT2D eigenvalue weighted by Gasteiger charge is -2.11. The molecule has 5 nitrogen and oxygen atoms in total. The van der Waals surface area contributed by atoms with Crippen molar-refractivity contribution in [3.63, 3.8) is 0 Å². The van der Waals surface area contributed by atoms with Gasteiger partial charge < -0.3 is 10.1 Å². The molecule has 3 rings (SSSR count). The molecule has 2 aromatic carbocycles. The van der Waals surface area contributed by atoms with E-state index in [2.05, 4.69) is 16.5 Å². The summed E-state index contributed by atoms with van der Waals surface area (Å²) >= 11 is 6.15. The molecule has 6 heteroatoms. The first-order valence-electron chi connectivity index (χ1n) is 9.25. The van der Waals surface area contributed by atoms with Crippen molar-refractivity contribution in [2.45, 2.75) is 40.5 Å². The molecule has 0 saturated heterocycles. The van der Waals surface area contributed by atoms with Crippen LogP contribution in [0.5, 0.6) is 5.75 Å². The fourth-order valence-electron chi connectivity index (χ4n) is 2.81. The van der Waals surface area contributed by atoms with Gasteiger partial charge in [-0.15, -0.1) is 0 Å². The van der Waals surface area contributed by atoms with Crippen LogP contribution in [0, 0.1) is 13.8 Å². The Morgan fingerprint density at radius 2 is 2.04 bits per heavy atom. The zero-order chi connectivity index (χ0) is 20.1. The third kappa shape index (κ3) is 4.93. The summed E-state index contributed by atoms with van der Waals surface area (Å²) in [6.45, 7) is 7.45. The summed E-state index contributed by atoms with van der Waals surface area (Å²) in [6.07, 6.45) is 1.76. The monoisotopic (exact) mass is 397 g/mol. The van der Waals surface area contributed by atoms with E-state index >= 15 is 0 Å². The molecule has 1 aromatic heterocycles. The van der Waals surface area contributed by atoms with Gasteiger partial charge in [-0.25, -0.2) is 0 Å². The summed E-state index contributed by atoms with van der Waals surface area (Å²) < 4.78 is 7.68. The number of halogens is 1. The summed E-state index contributed by atoms with van der Waals surface area (Å²) in [5, 5.41) is 7.76. The highest BCUT2D eigenvalue weighted by Crippen LogP contribution is 2.21. The number of carbonyl (C=O) groups is 1. The first-order valence-corrected chi connectivity index (χ1v) is 9.63. The van der Waals surface area contributed by atoms with Gasteiger partial charge in [0, 0.05) is 18.3 Å². The summed E-state index contributed by atoms with van der Waals surface area (Å²) in [5.74, 6) is 0.687. The van der Waals surface area contributed by atoms with Crippen LogP contribution < -0.4 is 10.1 Å². The van der Waals surface area contributed by atoms with Crippen LogP contribution in [-0.4, -0.2) is 15.7 Å². The topological polar surface area (TPSA) is 56.2 Å².